The Morgan fingerprint density at radius 2 is 1.79 bits per heavy atom. The van der Waals surface area contributed by atoms with Crippen LogP contribution in [0.25, 0.3) is 22.2 Å². The highest BCUT2D eigenvalue weighted by Gasteiger charge is 2.17. The van der Waals surface area contributed by atoms with E-state index in [4.69, 9.17) is 9.72 Å². The van der Waals surface area contributed by atoms with Crippen LogP contribution in [0.15, 0.2) is 72.8 Å². The Morgan fingerprint density at radius 1 is 1.00 bits per heavy atom. The molecule has 1 amide bonds. The van der Waals surface area contributed by atoms with Crippen LogP contribution in [0.2, 0.25) is 0 Å². The molecule has 1 aliphatic heterocycles. The van der Waals surface area contributed by atoms with Gasteiger partial charge in [-0.2, -0.15) is 0 Å². The molecule has 5 rings (SSSR count). The second kappa shape index (κ2) is 9.00. The summed E-state index contributed by atoms with van der Waals surface area (Å²) in [5, 5.41) is 3.83. The van der Waals surface area contributed by atoms with Gasteiger partial charge in [-0.05, 0) is 49.4 Å². The van der Waals surface area contributed by atoms with Gasteiger partial charge in [0, 0.05) is 41.0 Å². The largest absolute Gasteiger partial charge is 0.378 e. The van der Waals surface area contributed by atoms with Gasteiger partial charge in [0.2, 0.25) is 0 Å². The standard InChI is InChI=1S/C27H24FN3O2/c1-18-5-7-19(8-6-18)25-17-26(31-11-13-33-14-12-31)23-16-22(9-10-24(23)30-25)29-27(32)20-3-2-4-21(28)15-20/h2-10,15-17H,11-14H2,1H3,(H,29,32). The number of pyridine rings is 1. The summed E-state index contributed by atoms with van der Waals surface area (Å²) in [6.07, 6.45) is 0. The predicted octanol–water partition coefficient (Wildman–Crippen LogP) is 5.44. The lowest BCUT2D eigenvalue weighted by Gasteiger charge is -2.30. The number of anilines is 2. The molecule has 33 heavy (non-hydrogen) atoms. The van der Waals surface area contributed by atoms with Gasteiger partial charge in [-0.1, -0.05) is 35.9 Å². The van der Waals surface area contributed by atoms with E-state index in [-0.39, 0.29) is 11.5 Å². The first-order chi connectivity index (χ1) is 16.1. The zero-order valence-corrected chi connectivity index (χ0v) is 18.3. The number of aryl methyl sites for hydroxylation is 1. The number of nitrogens with zero attached hydrogens (tertiary/aromatic N) is 2. The Hall–Kier alpha value is -3.77. The molecule has 1 fully saturated rings. The van der Waals surface area contributed by atoms with Crippen LogP contribution >= 0.6 is 0 Å². The molecule has 1 aromatic heterocycles. The summed E-state index contributed by atoms with van der Waals surface area (Å²) in [4.78, 5) is 19.8. The number of carbonyl (C=O) groups is 1. The van der Waals surface area contributed by atoms with Crippen LogP contribution in [0.3, 0.4) is 0 Å². The average Bonchev–Trinajstić information content (AvgIpc) is 2.84. The van der Waals surface area contributed by atoms with Gasteiger partial charge < -0.3 is 15.0 Å². The van der Waals surface area contributed by atoms with Crippen LogP contribution in [-0.4, -0.2) is 37.2 Å². The number of ether oxygens (including phenoxy) is 1. The molecule has 0 spiro atoms. The van der Waals surface area contributed by atoms with Crippen molar-refractivity contribution < 1.29 is 13.9 Å². The Morgan fingerprint density at radius 3 is 2.55 bits per heavy atom. The molecule has 1 aliphatic rings. The number of aromatic nitrogens is 1. The van der Waals surface area contributed by atoms with Crippen molar-refractivity contribution in [3.63, 3.8) is 0 Å². The van der Waals surface area contributed by atoms with Crippen molar-refractivity contribution in [3.8, 4) is 11.3 Å². The van der Waals surface area contributed by atoms with Crippen molar-refractivity contribution in [1.29, 1.82) is 0 Å². The highest BCUT2D eigenvalue weighted by atomic mass is 19.1. The molecule has 0 unspecified atom stereocenters. The number of hydrogen-bond donors (Lipinski definition) is 1. The van der Waals surface area contributed by atoms with E-state index in [1.54, 1.807) is 6.07 Å². The molecule has 166 valence electrons. The molecule has 6 heteroatoms. The number of morpholine rings is 1. The third-order valence-corrected chi connectivity index (χ3v) is 5.83. The first kappa shape index (κ1) is 21.1. The van der Waals surface area contributed by atoms with Gasteiger partial charge in [-0.3, -0.25) is 4.79 Å². The second-order valence-corrected chi connectivity index (χ2v) is 8.19. The molecule has 5 nitrogen and oxygen atoms in total. The van der Waals surface area contributed by atoms with Crippen molar-refractivity contribution in [2.75, 3.05) is 36.5 Å². The summed E-state index contributed by atoms with van der Waals surface area (Å²) in [5.41, 5.74) is 5.97. The van der Waals surface area contributed by atoms with E-state index in [1.807, 2.05) is 18.2 Å². The van der Waals surface area contributed by atoms with Gasteiger partial charge in [0.15, 0.2) is 0 Å². The number of nitrogens with one attached hydrogen (secondary N) is 1. The third-order valence-electron chi connectivity index (χ3n) is 5.83. The molecular weight excluding hydrogens is 417 g/mol. The number of hydrogen-bond acceptors (Lipinski definition) is 4. The minimum atomic E-state index is -0.441. The SMILES string of the molecule is Cc1ccc(-c2cc(N3CCOCC3)c3cc(NC(=O)c4cccc(F)c4)ccc3n2)cc1. The molecular formula is C27H24FN3O2. The minimum absolute atomic E-state index is 0.274. The van der Waals surface area contributed by atoms with Gasteiger partial charge in [-0.15, -0.1) is 0 Å². The van der Waals surface area contributed by atoms with E-state index < -0.39 is 5.82 Å². The smallest absolute Gasteiger partial charge is 0.255 e. The van der Waals surface area contributed by atoms with Gasteiger partial charge in [0.1, 0.15) is 5.82 Å². The average molecular weight is 442 g/mol. The zero-order valence-electron chi connectivity index (χ0n) is 18.3. The van der Waals surface area contributed by atoms with E-state index in [1.165, 1.54) is 23.8 Å². The summed E-state index contributed by atoms with van der Waals surface area (Å²) in [6.45, 7) is 4.97. The van der Waals surface area contributed by atoms with Crippen LogP contribution in [0.1, 0.15) is 15.9 Å². The first-order valence-electron chi connectivity index (χ1n) is 11.0. The third kappa shape index (κ3) is 4.56. The minimum Gasteiger partial charge on any atom is -0.378 e. The van der Waals surface area contributed by atoms with E-state index >= 15 is 0 Å². The number of carbonyl (C=O) groups excluding carboxylic acids is 1. The molecule has 0 atom stereocenters. The van der Waals surface area contributed by atoms with E-state index in [0.717, 1.165) is 40.9 Å². The molecule has 0 radical (unpaired) electrons. The summed E-state index contributed by atoms with van der Waals surface area (Å²) >= 11 is 0. The van der Waals surface area contributed by atoms with Gasteiger partial charge >= 0.3 is 0 Å². The molecule has 0 saturated carbocycles. The van der Waals surface area contributed by atoms with E-state index in [0.29, 0.717) is 18.9 Å². The predicted molar refractivity (Wildman–Crippen MR) is 129 cm³/mol. The summed E-state index contributed by atoms with van der Waals surface area (Å²) < 4.78 is 19.1. The molecule has 2 heterocycles. The first-order valence-corrected chi connectivity index (χ1v) is 11.0. The normalized spacial score (nSPS) is 13.8. The van der Waals surface area contributed by atoms with Crippen LogP contribution in [0.5, 0.6) is 0 Å². The monoisotopic (exact) mass is 441 g/mol. The van der Waals surface area contributed by atoms with Crippen LogP contribution in [0.4, 0.5) is 15.8 Å². The molecule has 1 N–H and O–H groups in total. The van der Waals surface area contributed by atoms with Gasteiger partial charge in [-0.25, -0.2) is 9.37 Å². The van der Waals surface area contributed by atoms with Gasteiger partial charge in [0.05, 0.1) is 24.4 Å². The van der Waals surface area contributed by atoms with Crippen molar-refractivity contribution in [3.05, 3.63) is 89.7 Å². The molecule has 0 bridgehead atoms. The lowest BCUT2D eigenvalue weighted by atomic mass is 10.0. The lowest BCUT2D eigenvalue weighted by Crippen LogP contribution is -2.36. The molecule has 1 saturated heterocycles. The maximum Gasteiger partial charge on any atom is 0.255 e. The number of rotatable bonds is 4. The Balaban J connectivity index is 1.55. The topological polar surface area (TPSA) is 54.5 Å². The van der Waals surface area contributed by atoms with E-state index in [2.05, 4.69) is 47.5 Å². The van der Waals surface area contributed by atoms with Crippen LogP contribution in [-0.2, 0) is 4.74 Å². The van der Waals surface area contributed by atoms with Crippen molar-refractivity contribution in [2.24, 2.45) is 0 Å². The van der Waals surface area contributed by atoms with Crippen molar-refractivity contribution >= 4 is 28.2 Å². The number of amides is 1. The second-order valence-electron chi connectivity index (χ2n) is 8.19. The van der Waals surface area contributed by atoms with E-state index in [9.17, 15) is 9.18 Å². The maximum absolute atomic E-state index is 13.5. The number of fused-ring (bicyclic) bond motifs is 1. The fraction of sp³-hybridized carbons (Fsp3) is 0.185. The lowest BCUT2D eigenvalue weighted by molar-refractivity contribution is 0.102. The quantitative estimate of drug-likeness (QED) is 0.458. The zero-order chi connectivity index (χ0) is 22.8. The fourth-order valence-corrected chi connectivity index (χ4v) is 4.06. The molecule has 0 aliphatic carbocycles. The van der Waals surface area contributed by atoms with Crippen LogP contribution < -0.4 is 10.2 Å². The summed E-state index contributed by atoms with van der Waals surface area (Å²) in [6, 6.07) is 21.8. The Kier molecular flexibility index (Phi) is 5.75. The van der Waals surface area contributed by atoms with Crippen molar-refractivity contribution in [2.45, 2.75) is 6.92 Å². The maximum atomic E-state index is 13.5. The number of halogens is 1. The number of benzene rings is 3. The van der Waals surface area contributed by atoms with Crippen LogP contribution in [0, 0.1) is 12.7 Å². The molecule has 4 aromatic rings. The fourth-order valence-electron chi connectivity index (χ4n) is 4.06. The Labute approximate surface area is 191 Å². The molecule has 3 aromatic carbocycles. The van der Waals surface area contributed by atoms with Gasteiger partial charge in [0.25, 0.3) is 5.91 Å². The summed E-state index contributed by atoms with van der Waals surface area (Å²) in [5.74, 6) is -0.797. The highest BCUT2D eigenvalue weighted by Crippen LogP contribution is 2.33. The highest BCUT2D eigenvalue weighted by molar-refractivity contribution is 6.06. The summed E-state index contributed by atoms with van der Waals surface area (Å²) in [7, 11) is 0. The Bertz CT molecular complexity index is 1320. The van der Waals surface area contributed by atoms with Crippen molar-refractivity contribution in [1.82, 2.24) is 4.98 Å².